The maximum absolute atomic E-state index is 12.0. The predicted octanol–water partition coefficient (Wildman–Crippen LogP) is 4.58. The number of nitrogens with one attached hydrogen (secondary N) is 1. The Kier molecular flexibility index (Phi) is 4.65. The van der Waals surface area contributed by atoms with E-state index in [0.29, 0.717) is 27.1 Å². The molecule has 4 nitrogen and oxygen atoms in total. The van der Waals surface area contributed by atoms with Crippen LogP contribution >= 0.6 is 23.2 Å². The minimum atomic E-state index is -0.225. The Labute approximate surface area is 143 Å². The maximum atomic E-state index is 12.0. The van der Waals surface area contributed by atoms with Crippen molar-refractivity contribution in [2.24, 2.45) is 0 Å². The number of halogens is 2. The lowest BCUT2D eigenvalue weighted by Crippen LogP contribution is -2.22. The van der Waals surface area contributed by atoms with Crippen LogP contribution in [0.4, 0.5) is 0 Å². The van der Waals surface area contributed by atoms with Gasteiger partial charge < -0.3 is 9.84 Å². The number of rotatable bonds is 4. The van der Waals surface area contributed by atoms with Crippen molar-refractivity contribution in [3.8, 4) is 11.3 Å². The summed E-state index contributed by atoms with van der Waals surface area (Å²) in [5, 5.41) is 7.93. The normalized spacial score (nSPS) is 10.5. The van der Waals surface area contributed by atoms with Gasteiger partial charge in [-0.25, -0.2) is 0 Å². The third-order valence-electron chi connectivity index (χ3n) is 3.21. The van der Waals surface area contributed by atoms with Crippen molar-refractivity contribution in [1.29, 1.82) is 0 Å². The number of hydrogen-bond acceptors (Lipinski definition) is 3. The average molecular weight is 347 g/mol. The molecule has 1 heterocycles. The van der Waals surface area contributed by atoms with Crippen molar-refractivity contribution in [3.05, 3.63) is 76.0 Å². The summed E-state index contributed by atoms with van der Waals surface area (Å²) < 4.78 is 5.24. The van der Waals surface area contributed by atoms with E-state index >= 15 is 0 Å². The average Bonchev–Trinajstić information content (AvgIpc) is 3.02. The number of amides is 1. The van der Waals surface area contributed by atoms with Gasteiger partial charge in [0.25, 0.3) is 5.91 Å². The van der Waals surface area contributed by atoms with E-state index in [2.05, 4.69) is 10.5 Å². The second-order valence-electron chi connectivity index (χ2n) is 4.88. The third-order valence-corrected chi connectivity index (χ3v) is 3.70. The molecular weight excluding hydrogens is 335 g/mol. The van der Waals surface area contributed by atoms with Crippen LogP contribution in [0.1, 0.15) is 16.1 Å². The Bertz CT molecular complexity index is 829. The fourth-order valence-electron chi connectivity index (χ4n) is 2.05. The highest BCUT2D eigenvalue weighted by molar-refractivity contribution is 6.31. The van der Waals surface area contributed by atoms with E-state index in [-0.39, 0.29) is 12.5 Å². The highest BCUT2D eigenvalue weighted by atomic mass is 35.5. The summed E-state index contributed by atoms with van der Waals surface area (Å²) in [5.74, 6) is 0.335. The molecule has 0 aliphatic rings. The molecule has 0 saturated carbocycles. The molecule has 6 heteroatoms. The van der Waals surface area contributed by atoms with E-state index in [1.54, 1.807) is 42.5 Å². The van der Waals surface area contributed by atoms with Gasteiger partial charge in [0.2, 0.25) is 0 Å². The van der Waals surface area contributed by atoms with Crippen molar-refractivity contribution < 1.29 is 9.32 Å². The van der Waals surface area contributed by atoms with Crippen LogP contribution in [-0.2, 0) is 6.54 Å². The van der Waals surface area contributed by atoms with Gasteiger partial charge in [-0.05, 0) is 30.3 Å². The summed E-state index contributed by atoms with van der Waals surface area (Å²) in [5.41, 5.74) is 2.08. The number of aromatic nitrogens is 1. The summed E-state index contributed by atoms with van der Waals surface area (Å²) in [4.78, 5) is 12.0. The summed E-state index contributed by atoms with van der Waals surface area (Å²) in [6, 6.07) is 15.8. The Morgan fingerprint density at radius 1 is 1.04 bits per heavy atom. The number of benzene rings is 2. The molecule has 1 amide bonds. The van der Waals surface area contributed by atoms with Crippen LogP contribution in [0.25, 0.3) is 11.3 Å². The molecule has 1 N–H and O–H groups in total. The molecule has 116 valence electrons. The highest BCUT2D eigenvalue weighted by Crippen LogP contribution is 2.21. The second-order valence-corrected chi connectivity index (χ2v) is 5.75. The first-order valence-electron chi connectivity index (χ1n) is 6.87. The minimum Gasteiger partial charge on any atom is -0.359 e. The first-order chi connectivity index (χ1) is 11.1. The Hall–Kier alpha value is -2.30. The summed E-state index contributed by atoms with van der Waals surface area (Å²) >= 11 is 11.7. The van der Waals surface area contributed by atoms with E-state index in [4.69, 9.17) is 27.7 Å². The second kappa shape index (κ2) is 6.86. The molecule has 0 bridgehead atoms. The molecule has 3 rings (SSSR count). The van der Waals surface area contributed by atoms with Gasteiger partial charge in [0.15, 0.2) is 5.76 Å². The molecule has 0 saturated heterocycles. The molecule has 0 fully saturated rings. The van der Waals surface area contributed by atoms with Crippen molar-refractivity contribution in [2.45, 2.75) is 6.54 Å². The third kappa shape index (κ3) is 3.92. The van der Waals surface area contributed by atoms with Crippen LogP contribution in [-0.4, -0.2) is 11.1 Å². The minimum absolute atomic E-state index is 0.225. The standard InChI is InChI=1S/C17H12Cl2N2O2/c18-13-6-4-11(5-7-13)16-9-15(23-21-16)10-20-17(22)12-2-1-3-14(19)8-12/h1-9H,10H2,(H,20,22). The van der Waals surface area contributed by atoms with Gasteiger partial charge in [-0.15, -0.1) is 0 Å². The first-order valence-corrected chi connectivity index (χ1v) is 7.63. The SMILES string of the molecule is O=C(NCc1cc(-c2ccc(Cl)cc2)no1)c1cccc(Cl)c1. The van der Waals surface area contributed by atoms with Crippen molar-refractivity contribution in [3.63, 3.8) is 0 Å². The molecule has 0 aliphatic heterocycles. The predicted molar refractivity (Wildman–Crippen MR) is 89.6 cm³/mol. The maximum Gasteiger partial charge on any atom is 0.251 e. The van der Waals surface area contributed by atoms with Crippen LogP contribution in [0.2, 0.25) is 10.0 Å². The van der Waals surface area contributed by atoms with E-state index in [9.17, 15) is 4.79 Å². The Balaban J connectivity index is 1.65. The van der Waals surface area contributed by atoms with E-state index in [1.807, 2.05) is 12.1 Å². The molecule has 0 spiro atoms. The van der Waals surface area contributed by atoms with Gasteiger partial charge in [-0.2, -0.15) is 0 Å². The first kappa shape index (κ1) is 15.6. The lowest BCUT2D eigenvalue weighted by molar-refractivity contribution is 0.0947. The fraction of sp³-hybridized carbons (Fsp3) is 0.0588. The lowest BCUT2D eigenvalue weighted by atomic mass is 10.1. The summed E-state index contributed by atoms with van der Waals surface area (Å²) in [6.45, 7) is 0.242. The van der Waals surface area contributed by atoms with Gasteiger partial charge in [0, 0.05) is 27.2 Å². The quantitative estimate of drug-likeness (QED) is 0.752. The van der Waals surface area contributed by atoms with Crippen LogP contribution in [0.15, 0.2) is 59.1 Å². The fourth-order valence-corrected chi connectivity index (χ4v) is 2.37. The molecule has 3 aromatic rings. The van der Waals surface area contributed by atoms with Gasteiger partial charge >= 0.3 is 0 Å². The van der Waals surface area contributed by atoms with Crippen molar-refractivity contribution >= 4 is 29.1 Å². The van der Waals surface area contributed by atoms with Gasteiger partial charge in [0.1, 0.15) is 5.69 Å². The largest absolute Gasteiger partial charge is 0.359 e. The Morgan fingerprint density at radius 2 is 1.83 bits per heavy atom. The number of hydrogen-bond donors (Lipinski definition) is 1. The zero-order chi connectivity index (χ0) is 16.2. The smallest absolute Gasteiger partial charge is 0.251 e. The van der Waals surface area contributed by atoms with Crippen LogP contribution in [0.3, 0.4) is 0 Å². The van der Waals surface area contributed by atoms with E-state index in [0.717, 1.165) is 5.56 Å². The number of carbonyl (C=O) groups is 1. The highest BCUT2D eigenvalue weighted by Gasteiger charge is 2.10. The van der Waals surface area contributed by atoms with Gasteiger partial charge in [-0.3, -0.25) is 4.79 Å². The number of nitrogens with zero attached hydrogens (tertiary/aromatic N) is 1. The molecular formula is C17H12Cl2N2O2. The van der Waals surface area contributed by atoms with Crippen molar-refractivity contribution in [1.82, 2.24) is 10.5 Å². The molecule has 23 heavy (non-hydrogen) atoms. The topological polar surface area (TPSA) is 55.1 Å². The monoisotopic (exact) mass is 346 g/mol. The number of carbonyl (C=O) groups excluding carboxylic acids is 1. The van der Waals surface area contributed by atoms with Crippen LogP contribution in [0.5, 0.6) is 0 Å². The lowest BCUT2D eigenvalue weighted by Gasteiger charge is -2.02. The molecule has 0 unspecified atom stereocenters. The summed E-state index contributed by atoms with van der Waals surface area (Å²) in [6.07, 6.45) is 0. The molecule has 0 atom stereocenters. The Morgan fingerprint density at radius 3 is 2.57 bits per heavy atom. The van der Waals surface area contributed by atoms with Gasteiger partial charge in [0.05, 0.1) is 6.54 Å². The van der Waals surface area contributed by atoms with Crippen molar-refractivity contribution in [2.75, 3.05) is 0 Å². The zero-order valence-corrected chi connectivity index (χ0v) is 13.4. The van der Waals surface area contributed by atoms with Crippen LogP contribution < -0.4 is 5.32 Å². The molecule has 2 aromatic carbocycles. The zero-order valence-electron chi connectivity index (χ0n) is 11.9. The molecule has 0 aliphatic carbocycles. The summed E-state index contributed by atoms with van der Waals surface area (Å²) in [7, 11) is 0. The van der Waals surface area contributed by atoms with Gasteiger partial charge in [-0.1, -0.05) is 46.6 Å². The molecule has 0 radical (unpaired) electrons. The van der Waals surface area contributed by atoms with Crippen LogP contribution in [0, 0.1) is 0 Å². The molecule has 1 aromatic heterocycles. The van der Waals surface area contributed by atoms with E-state index < -0.39 is 0 Å². The van der Waals surface area contributed by atoms with E-state index in [1.165, 1.54) is 0 Å².